The van der Waals surface area contributed by atoms with Crippen LogP contribution in [0.4, 0.5) is 0 Å². The zero-order chi connectivity index (χ0) is 9.84. The number of rotatable bonds is 3. The fourth-order valence-corrected chi connectivity index (χ4v) is 1.37. The van der Waals surface area contributed by atoms with Gasteiger partial charge in [0.25, 0.3) is 0 Å². The molecule has 71 valence electrons. The zero-order valence-electron chi connectivity index (χ0n) is 8.47. The van der Waals surface area contributed by atoms with Crippen molar-refractivity contribution in [1.29, 1.82) is 0 Å². The summed E-state index contributed by atoms with van der Waals surface area (Å²) in [6, 6.07) is 6.03. The van der Waals surface area contributed by atoms with E-state index in [9.17, 15) is 0 Å². The van der Waals surface area contributed by atoms with Crippen LogP contribution in [0.25, 0.3) is 0 Å². The number of benzene rings is 1. The molecule has 0 N–H and O–H groups in total. The molecule has 1 heteroatoms. The van der Waals surface area contributed by atoms with Crippen LogP contribution in [0.2, 0.25) is 5.02 Å². The first-order valence-corrected chi connectivity index (χ1v) is 5.06. The predicted molar refractivity (Wildman–Crippen MR) is 59.0 cm³/mol. The lowest BCUT2D eigenvalue weighted by atomic mass is 9.99. The van der Waals surface area contributed by atoms with Crippen LogP contribution < -0.4 is 0 Å². The largest absolute Gasteiger partial charge is 0.0843 e. The standard InChI is InChI=1S/C12H16Cl/c1-9(2)4-6-11-8-12(13)7-5-10(11)3/h5-9H,4H2,1-3H3. The SMILES string of the molecule is Cc1ccc(Cl)cc1[CH]CC(C)C. The number of halogens is 1. The molecule has 1 aromatic carbocycles. The van der Waals surface area contributed by atoms with E-state index in [2.05, 4.69) is 33.3 Å². The summed E-state index contributed by atoms with van der Waals surface area (Å²) < 4.78 is 0. The minimum absolute atomic E-state index is 0.707. The first-order valence-electron chi connectivity index (χ1n) is 4.69. The van der Waals surface area contributed by atoms with E-state index in [1.54, 1.807) is 0 Å². The second kappa shape index (κ2) is 4.66. The minimum atomic E-state index is 0.707. The van der Waals surface area contributed by atoms with Crippen LogP contribution in [0.1, 0.15) is 31.4 Å². The number of hydrogen-bond donors (Lipinski definition) is 0. The molecule has 0 spiro atoms. The van der Waals surface area contributed by atoms with Crippen molar-refractivity contribution in [3.05, 3.63) is 40.8 Å². The molecule has 0 aliphatic carbocycles. The van der Waals surface area contributed by atoms with Crippen LogP contribution in [-0.4, -0.2) is 0 Å². The molecule has 0 heterocycles. The molecule has 0 saturated heterocycles. The third-order valence-electron chi connectivity index (χ3n) is 2.05. The Morgan fingerprint density at radius 2 is 2.08 bits per heavy atom. The van der Waals surface area contributed by atoms with Gasteiger partial charge >= 0.3 is 0 Å². The van der Waals surface area contributed by atoms with Crippen molar-refractivity contribution in [3.63, 3.8) is 0 Å². The second-order valence-corrected chi connectivity index (χ2v) is 4.27. The smallest absolute Gasteiger partial charge is 0.0409 e. The lowest BCUT2D eigenvalue weighted by Gasteiger charge is -2.07. The highest BCUT2D eigenvalue weighted by Crippen LogP contribution is 2.19. The first-order chi connectivity index (χ1) is 6.09. The molecule has 0 saturated carbocycles. The lowest BCUT2D eigenvalue weighted by Crippen LogP contribution is -1.92. The van der Waals surface area contributed by atoms with E-state index in [1.807, 2.05) is 12.1 Å². The summed E-state index contributed by atoms with van der Waals surface area (Å²) in [5.41, 5.74) is 2.56. The van der Waals surface area contributed by atoms with Crippen molar-refractivity contribution in [2.24, 2.45) is 5.92 Å². The van der Waals surface area contributed by atoms with E-state index in [1.165, 1.54) is 11.1 Å². The van der Waals surface area contributed by atoms with Crippen LogP contribution in [0.3, 0.4) is 0 Å². The van der Waals surface area contributed by atoms with Crippen molar-refractivity contribution < 1.29 is 0 Å². The maximum Gasteiger partial charge on any atom is 0.0409 e. The summed E-state index contributed by atoms with van der Waals surface area (Å²) >= 11 is 5.91. The molecule has 1 rings (SSSR count). The third kappa shape index (κ3) is 3.40. The molecule has 0 unspecified atom stereocenters. The Bertz CT molecular complexity index is 276. The molecule has 0 aromatic heterocycles. The zero-order valence-corrected chi connectivity index (χ0v) is 9.23. The van der Waals surface area contributed by atoms with E-state index < -0.39 is 0 Å². The molecule has 0 aliphatic heterocycles. The van der Waals surface area contributed by atoms with E-state index in [0.717, 1.165) is 11.4 Å². The summed E-state index contributed by atoms with van der Waals surface area (Å²) in [4.78, 5) is 0. The van der Waals surface area contributed by atoms with Crippen LogP contribution >= 0.6 is 11.6 Å². The van der Waals surface area contributed by atoms with Gasteiger partial charge in [0.2, 0.25) is 0 Å². The van der Waals surface area contributed by atoms with Gasteiger partial charge in [-0.1, -0.05) is 31.5 Å². The lowest BCUT2D eigenvalue weighted by molar-refractivity contribution is 0.643. The summed E-state index contributed by atoms with van der Waals surface area (Å²) in [6.07, 6.45) is 3.37. The van der Waals surface area contributed by atoms with Gasteiger partial charge in [-0.2, -0.15) is 0 Å². The molecule has 0 atom stereocenters. The summed E-state index contributed by atoms with van der Waals surface area (Å²) in [6.45, 7) is 6.55. The van der Waals surface area contributed by atoms with Crippen molar-refractivity contribution in [2.75, 3.05) is 0 Å². The Hall–Kier alpha value is -0.490. The molecule has 13 heavy (non-hydrogen) atoms. The fraction of sp³-hybridized carbons (Fsp3) is 0.417. The number of aryl methyl sites for hydroxylation is 1. The van der Waals surface area contributed by atoms with Gasteiger partial charge in [0.1, 0.15) is 0 Å². The Kier molecular flexibility index (Phi) is 3.80. The Morgan fingerprint density at radius 3 is 2.69 bits per heavy atom. The van der Waals surface area contributed by atoms with Crippen LogP contribution in [0, 0.1) is 19.3 Å². The van der Waals surface area contributed by atoms with Gasteiger partial charge in [0.05, 0.1) is 0 Å². The van der Waals surface area contributed by atoms with E-state index >= 15 is 0 Å². The van der Waals surface area contributed by atoms with Crippen LogP contribution in [0.5, 0.6) is 0 Å². The minimum Gasteiger partial charge on any atom is -0.0843 e. The molecular formula is C12H16Cl. The average Bonchev–Trinajstić information content (AvgIpc) is 2.06. The molecule has 1 aromatic rings. The summed E-state index contributed by atoms with van der Waals surface area (Å²) in [5.74, 6) is 0.707. The van der Waals surface area contributed by atoms with Crippen LogP contribution in [-0.2, 0) is 0 Å². The molecule has 1 radical (unpaired) electrons. The average molecular weight is 196 g/mol. The van der Waals surface area contributed by atoms with Gasteiger partial charge in [-0.15, -0.1) is 0 Å². The molecule has 0 aliphatic rings. The second-order valence-electron chi connectivity index (χ2n) is 3.83. The Balaban J connectivity index is 2.70. The highest BCUT2D eigenvalue weighted by atomic mass is 35.5. The van der Waals surface area contributed by atoms with Crippen LogP contribution in [0.15, 0.2) is 18.2 Å². The Labute approximate surface area is 85.9 Å². The monoisotopic (exact) mass is 195 g/mol. The summed E-state index contributed by atoms with van der Waals surface area (Å²) in [7, 11) is 0. The van der Waals surface area contributed by atoms with Gasteiger partial charge < -0.3 is 0 Å². The first kappa shape index (κ1) is 10.6. The number of hydrogen-bond acceptors (Lipinski definition) is 0. The van der Waals surface area contributed by atoms with E-state index in [4.69, 9.17) is 11.6 Å². The quantitative estimate of drug-likeness (QED) is 0.677. The van der Waals surface area contributed by atoms with Crippen molar-refractivity contribution in [2.45, 2.75) is 27.2 Å². The molecule has 0 bridgehead atoms. The van der Waals surface area contributed by atoms with Gasteiger partial charge in [-0.3, -0.25) is 0 Å². The maximum atomic E-state index is 5.91. The van der Waals surface area contributed by atoms with Crippen molar-refractivity contribution in [3.8, 4) is 0 Å². The van der Waals surface area contributed by atoms with Gasteiger partial charge in [0, 0.05) is 5.02 Å². The molecule has 0 amide bonds. The predicted octanol–water partition coefficient (Wildman–Crippen LogP) is 4.25. The van der Waals surface area contributed by atoms with Gasteiger partial charge in [0.15, 0.2) is 0 Å². The molecule has 0 fully saturated rings. The highest BCUT2D eigenvalue weighted by molar-refractivity contribution is 6.30. The van der Waals surface area contributed by atoms with E-state index in [0.29, 0.717) is 5.92 Å². The van der Waals surface area contributed by atoms with E-state index in [-0.39, 0.29) is 0 Å². The Morgan fingerprint density at radius 1 is 1.38 bits per heavy atom. The molecular weight excluding hydrogens is 180 g/mol. The fourth-order valence-electron chi connectivity index (χ4n) is 1.19. The maximum absolute atomic E-state index is 5.91. The molecule has 0 nitrogen and oxygen atoms in total. The van der Waals surface area contributed by atoms with Gasteiger partial charge in [-0.25, -0.2) is 0 Å². The van der Waals surface area contributed by atoms with Crippen molar-refractivity contribution >= 4 is 11.6 Å². The van der Waals surface area contributed by atoms with Crippen molar-refractivity contribution in [1.82, 2.24) is 0 Å². The summed E-state index contributed by atoms with van der Waals surface area (Å²) in [5, 5.41) is 0.820. The normalized spacial score (nSPS) is 10.8. The topological polar surface area (TPSA) is 0 Å². The highest BCUT2D eigenvalue weighted by Gasteiger charge is 2.01. The van der Waals surface area contributed by atoms with Gasteiger partial charge in [-0.05, 0) is 48.9 Å². The third-order valence-corrected chi connectivity index (χ3v) is 2.29.